The van der Waals surface area contributed by atoms with Gasteiger partial charge in [0.05, 0.1) is 79.8 Å². The van der Waals surface area contributed by atoms with Crippen LogP contribution in [0.3, 0.4) is 0 Å². The molecule has 0 radical (unpaired) electrons. The van der Waals surface area contributed by atoms with Crippen molar-refractivity contribution in [2.75, 3.05) is 25.0 Å². The molecule has 7 aromatic rings. The minimum Gasteiger partial charge on any atom is -0.354 e. The van der Waals surface area contributed by atoms with Crippen LogP contribution < -0.4 is 16.2 Å². The van der Waals surface area contributed by atoms with Gasteiger partial charge in [-0.25, -0.2) is 9.98 Å². The van der Waals surface area contributed by atoms with Gasteiger partial charge in [-0.15, -0.1) is 0 Å². The van der Waals surface area contributed by atoms with Crippen LogP contribution >= 0.6 is 0 Å². The Bertz CT molecular complexity index is 4160. The first-order chi connectivity index (χ1) is 34.1. The fourth-order valence-corrected chi connectivity index (χ4v) is 10.2. The van der Waals surface area contributed by atoms with E-state index in [9.17, 15) is 33.7 Å². The van der Waals surface area contributed by atoms with E-state index < -0.39 is 40.5 Å². The van der Waals surface area contributed by atoms with Crippen LogP contribution in [0.5, 0.6) is 0 Å². The van der Waals surface area contributed by atoms with E-state index in [1.165, 1.54) is 0 Å². The fraction of sp³-hybridized carbons (Fsp3) is 0.154. The Morgan fingerprint density at radius 2 is 0.875 bits per heavy atom. The van der Waals surface area contributed by atoms with Gasteiger partial charge in [0, 0.05) is 38.5 Å². The molecule has 6 bridgehead atoms. The Kier molecular flexibility index (Phi) is 12.6. The van der Waals surface area contributed by atoms with Gasteiger partial charge < -0.3 is 4.98 Å². The maximum atomic E-state index is 11.9. The second kappa shape index (κ2) is 18.6. The SMILES string of the molecule is CS(=O)(=O)OCc1ccc(C2=C3C=CC(=N3)C(c3ccc(COS(C)(=O)=O)cc3)=c3ccc([nH]3)=C(c3ccc(COS(C)(=O)=O)cc3)C3=Cc4c(-c5ccc(COS(C)(=O)=O)cc5)c5ccc2n5c4=N3)cc1. The van der Waals surface area contributed by atoms with Crippen molar-refractivity contribution in [3.8, 4) is 11.1 Å². The van der Waals surface area contributed by atoms with E-state index in [4.69, 9.17) is 26.7 Å². The number of rotatable bonds is 16. The maximum Gasteiger partial charge on any atom is 0.264 e. The van der Waals surface area contributed by atoms with Gasteiger partial charge in [0.1, 0.15) is 5.49 Å². The van der Waals surface area contributed by atoms with E-state index in [2.05, 4.69) is 9.38 Å². The van der Waals surface area contributed by atoms with E-state index >= 15 is 0 Å². The Morgan fingerprint density at radius 3 is 1.33 bits per heavy atom. The number of hydrogen-bond donors (Lipinski definition) is 1. The van der Waals surface area contributed by atoms with Crippen LogP contribution in [0.15, 0.2) is 155 Å². The highest BCUT2D eigenvalue weighted by molar-refractivity contribution is 7.86. The third-order valence-corrected chi connectivity index (χ3v) is 14.2. The molecule has 72 heavy (non-hydrogen) atoms. The number of fused-ring (bicyclic) bond motifs is 4. The molecule has 0 saturated carbocycles. The Labute approximate surface area is 415 Å². The van der Waals surface area contributed by atoms with Crippen molar-refractivity contribution in [1.29, 1.82) is 0 Å². The predicted octanol–water partition coefficient (Wildman–Crippen LogP) is 5.41. The zero-order chi connectivity index (χ0) is 50.7. The number of aromatic nitrogens is 2. The van der Waals surface area contributed by atoms with Crippen molar-refractivity contribution in [2.24, 2.45) is 9.98 Å². The molecule has 0 spiro atoms. The molecular formula is C52H44N4O12S4. The molecule has 0 saturated heterocycles. The minimum absolute atomic E-state index is 0.130. The largest absolute Gasteiger partial charge is 0.354 e. The second-order valence-electron chi connectivity index (χ2n) is 17.5. The van der Waals surface area contributed by atoms with Gasteiger partial charge in [0.25, 0.3) is 40.5 Å². The lowest BCUT2D eigenvalue weighted by Gasteiger charge is -2.13. The van der Waals surface area contributed by atoms with Crippen LogP contribution in [0.2, 0.25) is 0 Å². The third-order valence-electron chi connectivity index (χ3n) is 12.0. The topological polar surface area (TPSA) is 218 Å². The molecule has 4 aromatic carbocycles. The Hall–Kier alpha value is -6.88. The van der Waals surface area contributed by atoms with E-state index in [0.717, 1.165) is 86.3 Å². The molecule has 3 aliphatic heterocycles. The number of hydrogen-bond acceptors (Lipinski definition) is 14. The van der Waals surface area contributed by atoms with Crippen LogP contribution in [-0.4, -0.2) is 73.8 Å². The van der Waals surface area contributed by atoms with E-state index in [1.54, 1.807) is 36.4 Å². The molecule has 0 amide bonds. The summed E-state index contributed by atoms with van der Waals surface area (Å²) in [6, 6.07) is 37.6. The summed E-state index contributed by atoms with van der Waals surface area (Å²) in [6.45, 7) is -0.573. The van der Waals surface area contributed by atoms with Gasteiger partial charge in [0.2, 0.25) is 0 Å². The number of benzene rings is 4. The van der Waals surface area contributed by atoms with Gasteiger partial charge in [-0.3, -0.25) is 21.1 Å². The van der Waals surface area contributed by atoms with Gasteiger partial charge in [-0.05, 0) is 87.0 Å². The molecule has 6 heterocycles. The number of H-pyrrole nitrogens is 1. The number of nitrogens with zero attached hydrogens (tertiary/aromatic N) is 3. The lowest BCUT2D eigenvalue weighted by molar-refractivity contribution is 0.311. The number of aromatic amines is 1. The average molecular weight is 1050 g/mol. The summed E-state index contributed by atoms with van der Waals surface area (Å²) >= 11 is 0. The standard InChI is InChI=1S/C52H44N4O12S4/c1-69(57,58)65-28-32-5-13-36(14-6-32)48-40-27-45-50(38-17-9-34(10-18-38)30-67-71(3,61)62)43-22-21-41(53-43)49(37-15-7-33(8-16-37)29-66-70(2,59)60)42-23-24-44(54-42)51(47-26-25-46(48)56(47)52(40)55-45)39-19-11-35(12-20-39)31-68-72(4,63)64/h5-27,53H,28-31H2,1-4H3. The second-order valence-corrected chi connectivity index (χ2v) is 24.0. The van der Waals surface area contributed by atoms with Crippen LogP contribution in [0.4, 0.5) is 0 Å². The summed E-state index contributed by atoms with van der Waals surface area (Å²) in [5.74, 6) is 0. The van der Waals surface area contributed by atoms with Crippen molar-refractivity contribution in [3.63, 3.8) is 0 Å². The summed E-state index contributed by atoms with van der Waals surface area (Å²) < 4.78 is 117. The fourth-order valence-electron chi connectivity index (χ4n) is 8.79. The molecule has 10 rings (SSSR count). The van der Waals surface area contributed by atoms with Crippen molar-refractivity contribution in [1.82, 2.24) is 9.38 Å². The first-order valence-corrected chi connectivity index (χ1v) is 29.4. The minimum atomic E-state index is -3.71. The first kappa shape index (κ1) is 48.7. The van der Waals surface area contributed by atoms with E-state index in [1.807, 2.05) is 103 Å². The predicted molar refractivity (Wildman–Crippen MR) is 273 cm³/mol. The summed E-state index contributed by atoms with van der Waals surface area (Å²) in [6.07, 6.45) is 9.92. The molecule has 368 valence electrons. The molecular weight excluding hydrogens is 1000 g/mol. The molecule has 3 aromatic heterocycles. The molecule has 16 nitrogen and oxygen atoms in total. The first-order valence-electron chi connectivity index (χ1n) is 22.1. The lowest BCUT2D eigenvalue weighted by atomic mass is 9.98. The number of aliphatic imine (C=N–C) groups is 1. The summed E-state index contributed by atoms with van der Waals surface area (Å²) in [4.78, 5) is 14.5. The van der Waals surface area contributed by atoms with Crippen LogP contribution in [-0.2, 0) is 83.6 Å². The lowest BCUT2D eigenvalue weighted by Crippen LogP contribution is -2.20. The highest BCUT2D eigenvalue weighted by Crippen LogP contribution is 2.40. The van der Waals surface area contributed by atoms with E-state index in [-0.39, 0.29) is 26.4 Å². The van der Waals surface area contributed by atoms with Gasteiger partial charge in [0.15, 0.2) is 0 Å². The van der Waals surface area contributed by atoms with Gasteiger partial charge in [-0.2, -0.15) is 33.7 Å². The zero-order valence-corrected chi connectivity index (χ0v) is 42.2. The third kappa shape index (κ3) is 10.5. The maximum absolute atomic E-state index is 11.9. The zero-order valence-electron chi connectivity index (χ0n) is 39.0. The van der Waals surface area contributed by atoms with Crippen molar-refractivity contribution < 1.29 is 50.4 Å². The Morgan fingerprint density at radius 1 is 0.458 bits per heavy atom. The molecule has 0 fully saturated rings. The number of nitrogens with one attached hydrogen (secondary N) is 1. The van der Waals surface area contributed by atoms with Crippen molar-refractivity contribution in [2.45, 2.75) is 26.4 Å². The molecule has 0 atom stereocenters. The smallest absolute Gasteiger partial charge is 0.264 e. The number of allylic oxidation sites excluding steroid dienone is 3. The normalized spacial score (nSPS) is 14.8. The molecule has 0 aliphatic carbocycles. The van der Waals surface area contributed by atoms with Crippen LogP contribution in [0, 0.1) is 0 Å². The van der Waals surface area contributed by atoms with E-state index in [0.29, 0.717) is 55.5 Å². The quantitative estimate of drug-likeness (QED) is 0.120. The van der Waals surface area contributed by atoms with Crippen molar-refractivity contribution in [3.05, 3.63) is 211 Å². The summed E-state index contributed by atoms with van der Waals surface area (Å²) in [7, 11) is -14.8. The Balaban J connectivity index is 1.23. The van der Waals surface area contributed by atoms with Crippen LogP contribution in [0.25, 0.3) is 39.4 Å². The van der Waals surface area contributed by atoms with Crippen LogP contribution in [0.1, 0.15) is 50.2 Å². The van der Waals surface area contributed by atoms with Gasteiger partial charge >= 0.3 is 0 Å². The van der Waals surface area contributed by atoms with Crippen molar-refractivity contribution >= 4 is 74.5 Å². The molecule has 0 unspecified atom stereocenters. The average Bonchev–Trinajstić information content (AvgIpc) is 4.18. The van der Waals surface area contributed by atoms with Gasteiger partial charge in [-0.1, -0.05) is 97.1 Å². The monoisotopic (exact) mass is 1040 g/mol. The molecule has 20 heteroatoms. The summed E-state index contributed by atoms with van der Waals surface area (Å²) in [5.41, 5.74) is 13.6. The highest BCUT2D eigenvalue weighted by atomic mass is 32.2. The molecule has 1 N–H and O–H groups in total. The summed E-state index contributed by atoms with van der Waals surface area (Å²) in [5, 5.41) is 1.41. The molecule has 3 aliphatic rings. The highest BCUT2D eigenvalue weighted by Gasteiger charge is 2.28.